The van der Waals surface area contributed by atoms with Gasteiger partial charge in [0, 0.05) is 5.38 Å². The summed E-state index contributed by atoms with van der Waals surface area (Å²) in [5.74, 6) is 1.29. The maximum absolute atomic E-state index is 13.1. The Morgan fingerprint density at radius 1 is 1.12 bits per heavy atom. The molecule has 25 heavy (non-hydrogen) atoms. The summed E-state index contributed by atoms with van der Waals surface area (Å²) in [4.78, 5) is 4.57. The highest BCUT2D eigenvalue weighted by molar-refractivity contribution is 7.13. The van der Waals surface area contributed by atoms with Gasteiger partial charge in [-0.2, -0.15) is 0 Å². The number of hydrogen-bond donors (Lipinski definition) is 0. The summed E-state index contributed by atoms with van der Waals surface area (Å²) in [5.41, 5.74) is 1.59. The van der Waals surface area contributed by atoms with E-state index in [0.717, 1.165) is 16.3 Å². The molecule has 0 atom stereocenters. The Morgan fingerprint density at radius 3 is 2.68 bits per heavy atom. The first-order valence-electron chi connectivity index (χ1n) is 7.36. The number of benzene rings is 2. The molecule has 0 radical (unpaired) electrons. The predicted molar refractivity (Wildman–Crippen MR) is 96.4 cm³/mol. The highest BCUT2D eigenvalue weighted by Crippen LogP contribution is 2.39. The van der Waals surface area contributed by atoms with Crippen molar-refractivity contribution in [3.8, 4) is 27.8 Å². The number of halogens is 2. The molecule has 3 aromatic rings. The molecule has 0 fully saturated rings. The van der Waals surface area contributed by atoms with Crippen LogP contribution in [0.5, 0.6) is 17.2 Å². The van der Waals surface area contributed by atoms with Crippen LogP contribution < -0.4 is 14.2 Å². The van der Waals surface area contributed by atoms with Gasteiger partial charge in [0.2, 0.25) is 0 Å². The summed E-state index contributed by atoms with van der Waals surface area (Å²) in [6, 6.07) is 9.64. The molecule has 1 heterocycles. The maximum atomic E-state index is 13.1. The molecular weight excluding hydrogens is 365 g/mol. The zero-order valence-corrected chi connectivity index (χ0v) is 15.2. The lowest BCUT2D eigenvalue weighted by Crippen LogP contribution is -1.97. The number of para-hydroxylation sites is 1. The summed E-state index contributed by atoms with van der Waals surface area (Å²) in [6.07, 6.45) is 0. The van der Waals surface area contributed by atoms with Crippen LogP contribution in [0.25, 0.3) is 10.6 Å². The largest absolute Gasteiger partial charge is 0.493 e. The summed E-state index contributed by atoms with van der Waals surface area (Å²) < 4.78 is 29.4. The van der Waals surface area contributed by atoms with E-state index in [1.54, 1.807) is 14.2 Å². The minimum absolute atomic E-state index is 0.227. The first-order chi connectivity index (χ1) is 12.1. The van der Waals surface area contributed by atoms with Gasteiger partial charge in [-0.15, -0.1) is 11.3 Å². The number of rotatable bonds is 6. The molecular formula is C18H15ClFNO3S. The molecule has 3 rings (SSSR count). The van der Waals surface area contributed by atoms with Gasteiger partial charge in [-0.25, -0.2) is 9.37 Å². The van der Waals surface area contributed by atoms with E-state index in [-0.39, 0.29) is 11.6 Å². The molecule has 4 nitrogen and oxygen atoms in total. The normalized spacial score (nSPS) is 10.6. The van der Waals surface area contributed by atoms with Crippen LogP contribution in [0, 0.1) is 5.82 Å². The lowest BCUT2D eigenvalue weighted by atomic mass is 10.2. The van der Waals surface area contributed by atoms with Crippen molar-refractivity contribution in [1.29, 1.82) is 0 Å². The van der Waals surface area contributed by atoms with Crippen LogP contribution in [-0.4, -0.2) is 19.2 Å². The molecule has 0 aliphatic heterocycles. The van der Waals surface area contributed by atoms with Gasteiger partial charge in [0.15, 0.2) is 11.5 Å². The Bertz CT molecular complexity index is 885. The van der Waals surface area contributed by atoms with Gasteiger partial charge in [-0.05, 0) is 30.3 Å². The van der Waals surface area contributed by atoms with E-state index in [4.69, 9.17) is 25.8 Å². The van der Waals surface area contributed by atoms with Crippen LogP contribution in [0.2, 0.25) is 5.02 Å². The zero-order valence-electron chi connectivity index (χ0n) is 13.6. The van der Waals surface area contributed by atoms with Crippen LogP contribution in [0.4, 0.5) is 4.39 Å². The van der Waals surface area contributed by atoms with Crippen LogP contribution in [0.1, 0.15) is 5.69 Å². The van der Waals surface area contributed by atoms with Crippen molar-refractivity contribution in [1.82, 2.24) is 4.98 Å². The van der Waals surface area contributed by atoms with Crippen molar-refractivity contribution >= 4 is 22.9 Å². The van der Waals surface area contributed by atoms with Crippen molar-refractivity contribution in [3.05, 3.63) is 58.3 Å². The average molecular weight is 380 g/mol. The molecule has 7 heteroatoms. The van der Waals surface area contributed by atoms with E-state index in [1.807, 2.05) is 23.6 Å². The monoisotopic (exact) mass is 379 g/mol. The third-order valence-electron chi connectivity index (χ3n) is 3.45. The molecule has 0 amide bonds. The lowest BCUT2D eigenvalue weighted by Gasteiger charge is -2.10. The maximum Gasteiger partial charge on any atom is 0.170 e. The molecule has 0 aliphatic carbocycles. The molecule has 0 N–H and O–H groups in total. The summed E-state index contributed by atoms with van der Waals surface area (Å²) in [6.45, 7) is 0.230. The Hall–Kier alpha value is -2.31. The molecule has 130 valence electrons. The second-order valence-corrected chi connectivity index (χ2v) is 6.31. The highest BCUT2D eigenvalue weighted by Gasteiger charge is 2.15. The van der Waals surface area contributed by atoms with E-state index < -0.39 is 5.82 Å². The fraction of sp³-hybridized carbons (Fsp3) is 0.167. The fourth-order valence-corrected chi connectivity index (χ4v) is 3.34. The molecule has 0 unspecified atom stereocenters. The summed E-state index contributed by atoms with van der Waals surface area (Å²) >= 11 is 7.43. The molecule has 0 saturated heterocycles. The van der Waals surface area contributed by atoms with Crippen LogP contribution in [0.3, 0.4) is 0 Å². The minimum atomic E-state index is -0.404. The first kappa shape index (κ1) is 17.5. The van der Waals surface area contributed by atoms with E-state index in [0.29, 0.717) is 17.2 Å². The van der Waals surface area contributed by atoms with E-state index >= 15 is 0 Å². The van der Waals surface area contributed by atoms with Crippen molar-refractivity contribution in [2.75, 3.05) is 14.2 Å². The third kappa shape index (κ3) is 3.86. The van der Waals surface area contributed by atoms with Gasteiger partial charge >= 0.3 is 0 Å². The number of thiazole rings is 1. The smallest absolute Gasteiger partial charge is 0.170 e. The Balaban J connectivity index is 1.79. The highest BCUT2D eigenvalue weighted by atomic mass is 35.5. The van der Waals surface area contributed by atoms with Crippen molar-refractivity contribution in [2.24, 2.45) is 0 Å². The van der Waals surface area contributed by atoms with Gasteiger partial charge in [-0.3, -0.25) is 0 Å². The Morgan fingerprint density at radius 2 is 1.96 bits per heavy atom. The molecule has 0 spiro atoms. The van der Waals surface area contributed by atoms with Crippen molar-refractivity contribution < 1.29 is 18.6 Å². The number of nitrogens with zero attached hydrogens (tertiary/aromatic N) is 1. The second kappa shape index (κ2) is 7.72. The van der Waals surface area contributed by atoms with Gasteiger partial charge in [0.05, 0.1) is 30.5 Å². The van der Waals surface area contributed by atoms with Crippen molar-refractivity contribution in [3.63, 3.8) is 0 Å². The van der Waals surface area contributed by atoms with Crippen molar-refractivity contribution in [2.45, 2.75) is 6.61 Å². The molecule has 2 aromatic carbocycles. The SMILES string of the molecule is COc1cccc(-c2nc(COc3ccc(F)cc3Cl)cs2)c1OC. The Kier molecular flexibility index (Phi) is 5.40. The molecule has 0 aliphatic rings. The van der Waals surface area contributed by atoms with Gasteiger partial charge in [0.25, 0.3) is 0 Å². The second-order valence-electron chi connectivity index (χ2n) is 5.05. The quantitative estimate of drug-likeness (QED) is 0.590. The van der Waals surface area contributed by atoms with E-state index in [9.17, 15) is 4.39 Å². The number of aromatic nitrogens is 1. The summed E-state index contributed by atoms with van der Waals surface area (Å²) in [5, 5.41) is 2.91. The standard InChI is InChI=1S/C18H15ClFNO3S/c1-22-16-5-3-4-13(17(16)23-2)18-21-12(10-25-18)9-24-15-7-6-11(20)8-14(15)19/h3-8,10H,9H2,1-2H3. The fourth-order valence-electron chi connectivity index (χ4n) is 2.30. The van der Waals surface area contributed by atoms with E-state index in [1.165, 1.54) is 29.5 Å². The molecule has 0 saturated carbocycles. The molecule has 0 bridgehead atoms. The molecule has 1 aromatic heterocycles. The summed E-state index contributed by atoms with van der Waals surface area (Å²) in [7, 11) is 3.19. The average Bonchev–Trinajstić information content (AvgIpc) is 3.09. The topological polar surface area (TPSA) is 40.6 Å². The Labute approximate surface area is 153 Å². The first-order valence-corrected chi connectivity index (χ1v) is 8.61. The number of ether oxygens (including phenoxy) is 3. The predicted octanol–water partition coefficient (Wildman–Crippen LogP) is 5.20. The third-order valence-corrected chi connectivity index (χ3v) is 4.67. The number of hydrogen-bond acceptors (Lipinski definition) is 5. The van der Waals surface area contributed by atoms with Gasteiger partial charge < -0.3 is 14.2 Å². The van der Waals surface area contributed by atoms with Crippen LogP contribution >= 0.6 is 22.9 Å². The van der Waals surface area contributed by atoms with Gasteiger partial charge in [-0.1, -0.05) is 17.7 Å². The van der Waals surface area contributed by atoms with Crippen LogP contribution in [-0.2, 0) is 6.61 Å². The zero-order chi connectivity index (χ0) is 17.8. The minimum Gasteiger partial charge on any atom is -0.493 e. The lowest BCUT2D eigenvalue weighted by molar-refractivity contribution is 0.302. The van der Waals surface area contributed by atoms with Gasteiger partial charge in [0.1, 0.15) is 23.2 Å². The van der Waals surface area contributed by atoms with E-state index in [2.05, 4.69) is 4.98 Å². The number of methoxy groups -OCH3 is 2. The van der Waals surface area contributed by atoms with Crippen LogP contribution in [0.15, 0.2) is 41.8 Å².